The summed E-state index contributed by atoms with van der Waals surface area (Å²) in [6.45, 7) is 6.66. The number of aromatic nitrogens is 5. The van der Waals surface area contributed by atoms with Crippen LogP contribution in [-0.2, 0) is 29.5 Å². The molecule has 5 heterocycles. The maximum atomic E-state index is 12.3. The molecule has 4 aromatic rings. The predicted octanol–water partition coefficient (Wildman–Crippen LogP) is 4.06. The molecule has 0 saturated carbocycles. The average molecular weight is 471 g/mol. The molecule has 0 spiro atoms. The first kappa shape index (κ1) is 22.0. The van der Waals surface area contributed by atoms with Gasteiger partial charge in [-0.05, 0) is 36.8 Å². The van der Waals surface area contributed by atoms with Gasteiger partial charge in [0.15, 0.2) is 0 Å². The van der Waals surface area contributed by atoms with Crippen molar-refractivity contribution in [2.24, 2.45) is 7.05 Å². The van der Waals surface area contributed by atoms with E-state index in [1.807, 2.05) is 30.5 Å². The van der Waals surface area contributed by atoms with Crippen molar-refractivity contribution >= 4 is 16.7 Å². The fourth-order valence-corrected chi connectivity index (χ4v) is 5.50. The van der Waals surface area contributed by atoms with E-state index in [4.69, 9.17) is 14.8 Å². The molecule has 2 aliphatic heterocycles. The van der Waals surface area contributed by atoms with E-state index < -0.39 is 0 Å². The van der Waals surface area contributed by atoms with Crippen LogP contribution in [-0.4, -0.2) is 55.1 Å². The van der Waals surface area contributed by atoms with Gasteiger partial charge in [0.25, 0.3) is 0 Å². The second kappa shape index (κ2) is 8.61. The van der Waals surface area contributed by atoms with Crippen molar-refractivity contribution in [3.63, 3.8) is 0 Å². The summed E-state index contributed by atoms with van der Waals surface area (Å²) < 4.78 is 9.66. The zero-order valence-corrected chi connectivity index (χ0v) is 20.5. The minimum atomic E-state index is 0.109. The van der Waals surface area contributed by atoms with Crippen molar-refractivity contribution in [1.29, 1.82) is 0 Å². The van der Waals surface area contributed by atoms with Gasteiger partial charge in [-0.25, -0.2) is 0 Å². The molecule has 180 valence electrons. The monoisotopic (exact) mass is 470 g/mol. The van der Waals surface area contributed by atoms with Gasteiger partial charge in [-0.2, -0.15) is 10.2 Å². The number of ether oxygens (including phenoxy) is 1. The van der Waals surface area contributed by atoms with Gasteiger partial charge in [0, 0.05) is 86.9 Å². The molecule has 35 heavy (non-hydrogen) atoms. The molecule has 1 aromatic carbocycles. The highest BCUT2D eigenvalue weighted by Crippen LogP contribution is 2.39. The summed E-state index contributed by atoms with van der Waals surface area (Å²) in [5.74, 6) is 0.109. The van der Waals surface area contributed by atoms with E-state index in [0.717, 1.165) is 77.9 Å². The highest BCUT2D eigenvalue weighted by Gasteiger charge is 2.31. The van der Waals surface area contributed by atoms with Crippen LogP contribution in [0.15, 0.2) is 36.8 Å². The van der Waals surface area contributed by atoms with Gasteiger partial charge in [-0.3, -0.25) is 19.1 Å². The van der Waals surface area contributed by atoms with Crippen LogP contribution in [0, 0.1) is 6.92 Å². The third-order valence-corrected chi connectivity index (χ3v) is 7.42. The molecule has 0 aliphatic carbocycles. The lowest BCUT2D eigenvalue weighted by Gasteiger charge is -2.29. The SMILES string of the molecule is CC(=O)N1CCc2c(c(-c3c(C)ccc4cc(-c5cnn(C)c5)ncc34)nn2C2CCOCC2)C1. The Morgan fingerprint density at radius 1 is 1.17 bits per heavy atom. The van der Waals surface area contributed by atoms with Gasteiger partial charge in [0.2, 0.25) is 5.91 Å². The number of amides is 1. The molecule has 0 radical (unpaired) electrons. The minimum Gasteiger partial charge on any atom is -0.381 e. The number of nitrogens with zero attached hydrogens (tertiary/aromatic N) is 6. The number of carbonyl (C=O) groups excluding carboxylic acids is 1. The first-order valence-corrected chi connectivity index (χ1v) is 12.3. The molecule has 0 bridgehead atoms. The topological polar surface area (TPSA) is 78.1 Å². The van der Waals surface area contributed by atoms with E-state index in [1.165, 1.54) is 11.3 Å². The molecule has 1 fully saturated rings. The summed E-state index contributed by atoms with van der Waals surface area (Å²) in [5, 5.41) is 11.7. The average Bonchev–Trinajstić information content (AvgIpc) is 3.48. The first-order chi connectivity index (χ1) is 17.0. The van der Waals surface area contributed by atoms with Gasteiger partial charge in [-0.1, -0.05) is 12.1 Å². The van der Waals surface area contributed by atoms with Gasteiger partial charge in [0.05, 0.1) is 23.6 Å². The molecule has 0 atom stereocenters. The quantitative estimate of drug-likeness (QED) is 0.451. The number of fused-ring (bicyclic) bond motifs is 2. The zero-order valence-electron chi connectivity index (χ0n) is 20.5. The molecule has 1 saturated heterocycles. The molecular weight excluding hydrogens is 440 g/mol. The van der Waals surface area contributed by atoms with E-state index in [0.29, 0.717) is 12.6 Å². The van der Waals surface area contributed by atoms with E-state index in [1.54, 1.807) is 11.6 Å². The minimum absolute atomic E-state index is 0.109. The van der Waals surface area contributed by atoms with Crippen molar-refractivity contribution in [3.8, 4) is 22.5 Å². The number of pyridine rings is 1. The highest BCUT2D eigenvalue weighted by molar-refractivity contribution is 5.99. The molecule has 6 rings (SSSR count). The summed E-state index contributed by atoms with van der Waals surface area (Å²) in [6.07, 6.45) is 8.54. The summed E-state index contributed by atoms with van der Waals surface area (Å²) in [5.41, 5.74) is 7.59. The normalized spacial score (nSPS) is 16.6. The third kappa shape index (κ3) is 3.82. The Balaban J connectivity index is 1.52. The fourth-order valence-electron chi connectivity index (χ4n) is 5.50. The third-order valence-electron chi connectivity index (χ3n) is 7.42. The molecule has 1 amide bonds. The van der Waals surface area contributed by atoms with Crippen LogP contribution < -0.4 is 0 Å². The maximum Gasteiger partial charge on any atom is 0.219 e. The highest BCUT2D eigenvalue weighted by atomic mass is 16.5. The van der Waals surface area contributed by atoms with Crippen LogP contribution in [0.4, 0.5) is 0 Å². The van der Waals surface area contributed by atoms with Gasteiger partial charge in [-0.15, -0.1) is 0 Å². The Hall–Kier alpha value is -3.52. The molecular formula is C27H30N6O2. The van der Waals surface area contributed by atoms with Crippen LogP contribution in [0.3, 0.4) is 0 Å². The van der Waals surface area contributed by atoms with Crippen molar-refractivity contribution < 1.29 is 9.53 Å². The number of hydrogen-bond acceptors (Lipinski definition) is 5. The number of benzene rings is 1. The van der Waals surface area contributed by atoms with Crippen LogP contribution in [0.1, 0.15) is 42.6 Å². The predicted molar refractivity (Wildman–Crippen MR) is 134 cm³/mol. The Morgan fingerprint density at radius 2 is 2.00 bits per heavy atom. The van der Waals surface area contributed by atoms with Gasteiger partial charge < -0.3 is 9.64 Å². The van der Waals surface area contributed by atoms with Crippen LogP contribution in [0.25, 0.3) is 33.3 Å². The Bertz CT molecular complexity index is 1430. The number of hydrogen-bond donors (Lipinski definition) is 0. The largest absolute Gasteiger partial charge is 0.381 e. The molecule has 3 aromatic heterocycles. The first-order valence-electron chi connectivity index (χ1n) is 12.3. The molecule has 8 nitrogen and oxygen atoms in total. The Kier molecular flexibility index (Phi) is 5.40. The van der Waals surface area contributed by atoms with Crippen LogP contribution >= 0.6 is 0 Å². The molecule has 0 N–H and O–H groups in total. The van der Waals surface area contributed by atoms with Gasteiger partial charge in [0.1, 0.15) is 0 Å². The molecule has 0 unspecified atom stereocenters. The van der Waals surface area contributed by atoms with Gasteiger partial charge >= 0.3 is 0 Å². The summed E-state index contributed by atoms with van der Waals surface area (Å²) in [6, 6.07) is 6.77. The summed E-state index contributed by atoms with van der Waals surface area (Å²) >= 11 is 0. The number of rotatable bonds is 3. The summed E-state index contributed by atoms with van der Waals surface area (Å²) in [7, 11) is 1.91. The number of carbonyl (C=O) groups is 1. The second-order valence-electron chi connectivity index (χ2n) is 9.70. The van der Waals surface area contributed by atoms with E-state index in [9.17, 15) is 4.79 Å². The lowest BCUT2D eigenvalue weighted by molar-refractivity contribution is -0.129. The van der Waals surface area contributed by atoms with E-state index in [2.05, 4.69) is 34.9 Å². The lowest BCUT2D eigenvalue weighted by atomic mass is 9.93. The Morgan fingerprint density at radius 3 is 2.74 bits per heavy atom. The standard InChI is InChI=1S/C27H30N6O2/c1-17-4-5-19-12-24(20-13-29-31(3)15-20)28-14-22(19)26(17)27-23-16-32(18(2)34)9-6-25(23)33(30-27)21-7-10-35-11-8-21/h4-5,12-15,21H,6-11,16H2,1-3H3. The fraction of sp³-hybridized carbons (Fsp3) is 0.407. The van der Waals surface area contributed by atoms with Crippen molar-refractivity contribution in [2.75, 3.05) is 19.8 Å². The van der Waals surface area contributed by atoms with E-state index >= 15 is 0 Å². The van der Waals surface area contributed by atoms with Crippen molar-refractivity contribution in [2.45, 2.75) is 45.7 Å². The summed E-state index contributed by atoms with van der Waals surface area (Å²) in [4.78, 5) is 19.0. The zero-order chi connectivity index (χ0) is 24.1. The van der Waals surface area contributed by atoms with Crippen LogP contribution in [0.5, 0.6) is 0 Å². The van der Waals surface area contributed by atoms with E-state index in [-0.39, 0.29) is 5.91 Å². The molecule has 2 aliphatic rings. The smallest absolute Gasteiger partial charge is 0.219 e. The number of aryl methyl sites for hydroxylation is 2. The lowest BCUT2D eigenvalue weighted by Crippen LogP contribution is -2.35. The maximum absolute atomic E-state index is 12.3. The molecule has 8 heteroatoms. The second-order valence-corrected chi connectivity index (χ2v) is 9.70. The Labute approximate surface area is 204 Å². The van der Waals surface area contributed by atoms with Crippen molar-refractivity contribution in [1.82, 2.24) is 29.4 Å². The van der Waals surface area contributed by atoms with Crippen molar-refractivity contribution in [3.05, 3.63) is 53.6 Å². The van der Waals surface area contributed by atoms with Crippen LogP contribution in [0.2, 0.25) is 0 Å².